The molecular weight excluding hydrogens is 333 g/mol. The lowest BCUT2D eigenvalue weighted by Gasteiger charge is -2.36. The molecule has 0 amide bonds. The molecule has 2 heterocycles. The molecule has 1 aliphatic heterocycles. The van der Waals surface area contributed by atoms with E-state index in [9.17, 15) is 0 Å². The molecule has 1 saturated carbocycles. The highest BCUT2D eigenvalue weighted by Gasteiger charge is 2.23. The maximum atomic E-state index is 6.21. The molecule has 23 heavy (non-hydrogen) atoms. The number of anilines is 1. The third kappa shape index (κ3) is 4.47. The fourth-order valence-electron chi connectivity index (χ4n) is 3.59. The largest absolute Gasteiger partial charge is 0.353 e. The van der Waals surface area contributed by atoms with E-state index in [-0.39, 0.29) is 0 Å². The summed E-state index contributed by atoms with van der Waals surface area (Å²) in [5, 5.41) is 0.788. The summed E-state index contributed by atoms with van der Waals surface area (Å²) in [6.45, 7) is 5.14. The molecule has 2 fully saturated rings. The van der Waals surface area contributed by atoms with Crippen LogP contribution in [0, 0.1) is 5.92 Å². The third-order valence-electron chi connectivity index (χ3n) is 5.15. The van der Waals surface area contributed by atoms with E-state index >= 15 is 0 Å². The molecule has 128 valence electrons. The number of hydrogen-bond donors (Lipinski definition) is 1. The number of piperazine rings is 1. The van der Waals surface area contributed by atoms with Crippen molar-refractivity contribution in [2.24, 2.45) is 11.7 Å². The smallest absolute Gasteiger partial charge is 0.153 e. The quantitative estimate of drug-likeness (QED) is 0.839. The van der Waals surface area contributed by atoms with E-state index in [4.69, 9.17) is 28.9 Å². The van der Waals surface area contributed by atoms with Gasteiger partial charge in [-0.25, -0.2) is 9.97 Å². The van der Waals surface area contributed by atoms with Crippen molar-refractivity contribution < 1.29 is 0 Å². The van der Waals surface area contributed by atoms with Crippen LogP contribution < -0.4 is 10.6 Å². The summed E-state index contributed by atoms with van der Waals surface area (Å²) in [4.78, 5) is 12.9. The highest BCUT2D eigenvalue weighted by molar-refractivity contribution is 6.42. The van der Waals surface area contributed by atoms with Gasteiger partial charge in [-0.2, -0.15) is 0 Å². The summed E-state index contributed by atoms with van der Waals surface area (Å²) >= 11 is 12.2. The van der Waals surface area contributed by atoms with Crippen molar-refractivity contribution in [2.75, 3.05) is 37.6 Å². The summed E-state index contributed by atoms with van der Waals surface area (Å²) < 4.78 is 0. The molecule has 5 nitrogen and oxygen atoms in total. The first-order valence-electron chi connectivity index (χ1n) is 8.52. The molecule has 1 saturated heterocycles. The Morgan fingerprint density at radius 2 is 1.74 bits per heavy atom. The highest BCUT2D eigenvalue weighted by Crippen LogP contribution is 2.29. The Morgan fingerprint density at radius 3 is 2.43 bits per heavy atom. The van der Waals surface area contributed by atoms with Crippen LogP contribution in [0.4, 0.5) is 5.82 Å². The molecule has 0 bridgehead atoms. The van der Waals surface area contributed by atoms with Gasteiger partial charge in [0.1, 0.15) is 11.3 Å². The van der Waals surface area contributed by atoms with E-state index < -0.39 is 0 Å². The van der Waals surface area contributed by atoms with E-state index in [0.717, 1.165) is 37.9 Å². The first-order chi connectivity index (χ1) is 11.1. The Morgan fingerprint density at radius 1 is 1.04 bits per heavy atom. The van der Waals surface area contributed by atoms with Crippen LogP contribution in [0.5, 0.6) is 0 Å². The molecule has 1 aromatic heterocycles. The first-order valence-corrected chi connectivity index (χ1v) is 9.28. The van der Waals surface area contributed by atoms with Gasteiger partial charge in [0.2, 0.25) is 0 Å². The molecule has 0 spiro atoms. The lowest BCUT2D eigenvalue weighted by molar-refractivity contribution is 0.216. The van der Waals surface area contributed by atoms with Crippen molar-refractivity contribution >= 4 is 29.0 Å². The van der Waals surface area contributed by atoms with Gasteiger partial charge in [0.05, 0.1) is 0 Å². The molecule has 1 aromatic rings. The molecule has 2 aliphatic rings. The minimum absolute atomic E-state index is 0.328. The van der Waals surface area contributed by atoms with Crippen molar-refractivity contribution in [1.29, 1.82) is 0 Å². The van der Waals surface area contributed by atoms with Gasteiger partial charge in [-0.3, -0.25) is 4.90 Å². The van der Waals surface area contributed by atoms with Crippen LogP contribution in [0.15, 0.2) is 6.33 Å². The summed E-state index contributed by atoms with van der Waals surface area (Å²) in [6.07, 6.45) is 7.78. The second-order valence-electron chi connectivity index (χ2n) is 6.70. The fraction of sp³-hybridized carbons (Fsp3) is 0.750. The van der Waals surface area contributed by atoms with Crippen LogP contribution in [-0.4, -0.2) is 53.6 Å². The van der Waals surface area contributed by atoms with Crippen LogP contribution in [0.2, 0.25) is 10.2 Å². The first kappa shape index (κ1) is 17.2. The molecule has 3 rings (SSSR count). The Kier molecular flexibility index (Phi) is 5.96. The van der Waals surface area contributed by atoms with E-state index in [2.05, 4.69) is 19.8 Å². The van der Waals surface area contributed by atoms with Gasteiger partial charge in [0.25, 0.3) is 0 Å². The average Bonchev–Trinajstić information content (AvgIpc) is 2.57. The van der Waals surface area contributed by atoms with Crippen molar-refractivity contribution in [1.82, 2.24) is 14.9 Å². The Bertz CT molecular complexity index is 511. The van der Waals surface area contributed by atoms with E-state index in [0.29, 0.717) is 16.2 Å². The van der Waals surface area contributed by atoms with Crippen molar-refractivity contribution in [3.05, 3.63) is 16.5 Å². The molecule has 1 aliphatic carbocycles. The molecular formula is C16H25Cl2N5. The summed E-state index contributed by atoms with van der Waals surface area (Å²) in [6, 6.07) is 0.444. The second-order valence-corrected chi connectivity index (χ2v) is 7.44. The predicted molar refractivity (Wildman–Crippen MR) is 95.3 cm³/mol. The Hall–Kier alpha value is -0.620. The molecule has 0 atom stereocenters. The Balaban J connectivity index is 1.44. The van der Waals surface area contributed by atoms with Gasteiger partial charge in [0.15, 0.2) is 11.0 Å². The van der Waals surface area contributed by atoms with Crippen LogP contribution in [-0.2, 0) is 0 Å². The number of aromatic nitrogens is 2. The lowest BCUT2D eigenvalue weighted by atomic mass is 9.84. The van der Waals surface area contributed by atoms with E-state index in [1.807, 2.05) is 0 Å². The normalized spacial score (nSPS) is 26.5. The zero-order valence-electron chi connectivity index (χ0n) is 13.4. The Labute approximate surface area is 148 Å². The zero-order chi connectivity index (χ0) is 16.2. The monoisotopic (exact) mass is 357 g/mol. The van der Waals surface area contributed by atoms with Crippen molar-refractivity contribution in [2.45, 2.75) is 38.1 Å². The summed E-state index contributed by atoms with van der Waals surface area (Å²) in [5.74, 6) is 1.62. The number of nitrogens with zero attached hydrogens (tertiary/aromatic N) is 4. The van der Waals surface area contributed by atoms with Gasteiger partial charge in [0, 0.05) is 32.2 Å². The van der Waals surface area contributed by atoms with E-state index in [1.165, 1.54) is 45.0 Å². The lowest BCUT2D eigenvalue weighted by Crippen LogP contribution is -2.47. The average molecular weight is 358 g/mol. The zero-order valence-corrected chi connectivity index (χ0v) is 14.9. The van der Waals surface area contributed by atoms with Gasteiger partial charge in [-0.05, 0) is 44.6 Å². The third-order valence-corrected chi connectivity index (χ3v) is 5.88. The standard InChI is InChI=1S/C16H25Cl2N5/c17-14-15(18)20-11-21-16(14)23-9-7-22(8-10-23)6-5-12-1-3-13(19)4-2-12/h11-13H,1-10,19H2. The van der Waals surface area contributed by atoms with Gasteiger partial charge >= 0.3 is 0 Å². The molecule has 2 N–H and O–H groups in total. The highest BCUT2D eigenvalue weighted by atomic mass is 35.5. The number of hydrogen-bond acceptors (Lipinski definition) is 5. The maximum absolute atomic E-state index is 6.21. The van der Waals surface area contributed by atoms with Crippen molar-refractivity contribution in [3.63, 3.8) is 0 Å². The van der Waals surface area contributed by atoms with Crippen LogP contribution in [0.1, 0.15) is 32.1 Å². The van der Waals surface area contributed by atoms with E-state index in [1.54, 1.807) is 0 Å². The molecule has 7 heteroatoms. The van der Waals surface area contributed by atoms with Gasteiger partial charge in [-0.1, -0.05) is 23.2 Å². The SMILES string of the molecule is NC1CCC(CCN2CCN(c3ncnc(Cl)c3Cl)CC2)CC1. The fourth-order valence-corrected chi connectivity index (χ4v) is 3.93. The minimum Gasteiger partial charge on any atom is -0.353 e. The van der Waals surface area contributed by atoms with Crippen LogP contribution >= 0.6 is 23.2 Å². The predicted octanol–water partition coefficient (Wildman–Crippen LogP) is 2.81. The van der Waals surface area contributed by atoms with Crippen LogP contribution in [0.25, 0.3) is 0 Å². The minimum atomic E-state index is 0.328. The topological polar surface area (TPSA) is 58.3 Å². The van der Waals surface area contributed by atoms with Crippen molar-refractivity contribution in [3.8, 4) is 0 Å². The number of halogens is 2. The maximum Gasteiger partial charge on any atom is 0.153 e. The molecule has 0 radical (unpaired) electrons. The summed E-state index contributed by atoms with van der Waals surface area (Å²) in [7, 11) is 0. The van der Waals surface area contributed by atoms with Gasteiger partial charge < -0.3 is 10.6 Å². The van der Waals surface area contributed by atoms with Gasteiger partial charge in [-0.15, -0.1) is 0 Å². The summed E-state index contributed by atoms with van der Waals surface area (Å²) in [5.41, 5.74) is 5.98. The van der Waals surface area contributed by atoms with Crippen LogP contribution in [0.3, 0.4) is 0 Å². The number of nitrogens with two attached hydrogens (primary N) is 1. The molecule has 0 unspecified atom stereocenters. The molecule has 0 aromatic carbocycles. The second kappa shape index (κ2) is 7.97. The number of rotatable bonds is 4.